The fraction of sp³-hybridized carbons (Fsp3) is 0.143. The molecule has 1 aromatic carbocycles. The van der Waals surface area contributed by atoms with E-state index in [9.17, 15) is 10.1 Å². The number of nitro groups is 1. The van der Waals surface area contributed by atoms with Crippen molar-refractivity contribution in [3.05, 3.63) is 39.9 Å². The lowest BCUT2D eigenvalue weighted by atomic mass is 10.2. The molecule has 0 atom stereocenters. The maximum absolute atomic E-state index is 10.2. The van der Waals surface area contributed by atoms with Crippen LogP contribution >= 0.6 is 0 Å². The predicted octanol–water partition coefficient (Wildman–Crippen LogP) is 1.90. The van der Waals surface area contributed by atoms with Gasteiger partial charge < -0.3 is 0 Å². The van der Waals surface area contributed by atoms with E-state index in [2.05, 4.69) is 0 Å². The largest absolute Gasteiger partial charge is 0.269 e. The average Bonchev–Trinajstić information content (AvgIpc) is 1.85. The SMILES string of the molecule is [2H]c1cc(C)ccc1[N+](=O)[O-]. The third kappa shape index (κ3) is 1.31. The number of nitrogens with zero attached hydrogens (tertiary/aromatic N) is 1. The molecule has 0 aliphatic carbocycles. The molecule has 10 heavy (non-hydrogen) atoms. The third-order valence-corrected chi connectivity index (χ3v) is 1.15. The van der Waals surface area contributed by atoms with E-state index in [0.717, 1.165) is 5.56 Å². The monoisotopic (exact) mass is 138 g/mol. The Hall–Kier alpha value is -1.38. The maximum Gasteiger partial charge on any atom is 0.269 e. The zero-order valence-electron chi connectivity index (χ0n) is 6.50. The van der Waals surface area contributed by atoms with Crippen LogP contribution in [0.5, 0.6) is 0 Å². The van der Waals surface area contributed by atoms with E-state index < -0.39 is 4.92 Å². The van der Waals surface area contributed by atoms with Gasteiger partial charge in [0.2, 0.25) is 0 Å². The molecule has 0 heterocycles. The Morgan fingerprint density at radius 1 is 1.60 bits per heavy atom. The summed E-state index contributed by atoms with van der Waals surface area (Å²) >= 11 is 0. The van der Waals surface area contributed by atoms with E-state index in [-0.39, 0.29) is 11.7 Å². The van der Waals surface area contributed by atoms with E-state index >= 15 is 0 Å². The molecule has 0 saturated carbocycles. The van der Waals surface area contributed by atoms with E-state index in [4.69, 9.17) is 1.37 Å². The molecular formula is C7H7NO2. The van der Waals surface area contributed by atoms with Crippen molar-refractivity contribution in [3.8, 4) is 0 Å². The Kier molecular flexibility index (Phi) is 1.34. The molecule has 0 N–H and O–H groups in total. The molecule has 0 bridgehead atoms. The van der Waals surface area contributed by atoms with E-state index in [1.54, 1.807) is 13.0 Å². The van der Waals surface area contributed by atoms with Gasteiger partial charge in [0, 0.05) is 12.1 Å². The second-order valence-electron chi connectivity index (χ2n) is 2.01. The Morgan fingerprint density at radius 3 is 2.80 bits per heavy atom. The number of hydrogen-bond acceptors (Lipinski definition) is 2. The topological polar surface area (TPSA) is 43.1 Å². The molecule has 0 unspecified atom stereocenters. The lowest BCUT2D eigenvalue weighted by Crippen LogP contribution is -1.86. The first-order chi connectivity index (χ1) is 5.11. The van der Waals surface area contributed by atoms with Crippen LogP contribution in [0.15, 0.2) is 24.2 Å². The van der Waals surface area contributed by atoms with Crippen molar-refractivity contribution < 1.29 is 6.29 Å². The van der Waals surface area contributed by atoms with Crippen LogP contribution in [0.4, 0.5) is 5.69 Å². The van der Waals surface area contributed by atoms with Crippen LogP contribution in [-0.2, 0) is 0 Å². The third-order valence-electron chi connectivity index (χ3n) is 1.15. The summed E-state index contributed by atoms with van der Waals surface area (Å²) in [5.74, 6) is 0. The minimum absolute atomic E-state index is 0.0324. The first-order valence-corrected chi connectivity index (χ1v) is 2.83. The fourth-order valence-electron chi connectivity index (χ4n) is 0.608. The quantitative estimate of drug-likeness (QED) is 0.439. The van der Waals surface area contributed by atoms with E-state index in [1.165, 1.54) is 12.1 Å². The summed E-state index contributed by atoms with van der Waals surface area (Å²) in [5, 5.41) is 10.2. The van der Waals surface area contributed by atoms with E-state index in [0.29, 0.717) is 0 Å². The summed E-state index contributed by atoms with van der Waals surface area (Å²) in [6.07, 6.45) is 0. The van der Waals surface area contributed by atoms with Crippen LogP contribution in [0.25, 0.3) is 0 Å². The van der Waals surface area contributed by atoms with E-state index in [1.807, 2.05) is 0 Å². The molecule has 0 saturated heterocycles. The van der Waals surface area contributed by atoms with Crippen LogP contribution in [0.3, 0.4) is 0 Å². The minimum Gasteiger partial charge on any atom is -0.258 e. The van der Waals surface area contributed by atoms with Crippen molar-refractivity contribution in [1.82, 2.24) is 0 Å². The van der Waals surface area contributed by atoms with Crippen LogP contribution in [-0.4, -0.2) is 4.92 Å². The van der Waals surface area contributed by atoms with Gasteiger partial charge in [0.1, 0.15) is 0 Å². The molecule has 3 heteroatoms. The normalized spacial score (nSPS) is 10.7. The van der Waals surface area contributed by atoms with Gasteiger partial charge in [-0.1, -0.05) is 17.7 Å². The molecule has 1 rings (SSSR count). The van der Waals surface area contributed by atoms with Crippen molar-refractivity contribution >= 4 is 5.69 Å². The van der Waals surface area contributed by atoms with Gasteiger partial charge in [0.25, 0.3) is 5.69 Å². The molecule has 0 radical (unpaired) electrons. The van der Waals surface area contributed by atoms with Crippen molar-refractivity contribution in [2.45, 2.75) is 6.92 Å². The minimum atomic E-state index is -0.554. The summed E-state index contributed by atoms with van der Waals surface area (Å²) in [6, 6.07) is 4.40. The lowest BCUT2D eigenvalue weighted by Gasteiger charge is -1.90. The summed E-state index contributed by atoms with van der Waals surface area (Å²) in [6.45, 7) is 1.79. The Morgan fingerprint density at radius 2 is 2.30 bits per heavy atom. The van der Waals surface area contributed by atoms with Crippen LogP contribution in [0, 0.1) is 17.0 Å². The van der Waals surface area contributed by atoms with Gasteiger partial charge in [-0.05, 0) is 6.92 Å². The zero-order chi connectivity index (χ0) is 8.43. The first-order valence-electron chi connectivity index (χ1n) is 3.33. The maximum atomic E-state index is 10.2. The summed E-state index contributed by atoms with van der Waals surface area (Å²) in [4.78, 5) is 9.66. The van der Waals surface area contributed by atoms with Gasteiger partial charge in [-0.2, -0.15) is 0 Å². The highest BCUT2D eigenvalue weighted by Crippen LogP contribution is 2.10. The number of rotatable bonds is 1. The van der Waals surface area contributed by atoms with Crippen LogP contribution < -0.4 is 0 Å². The molecule has 0 aromatic heterocycles. The van der Waals surface area contributed by atoms with Crippen molar-refractivity contribution in [3.63, 3.8) is 0 Å². The lowest BCUT2D eigenvalue weighted by molar-refractivity contribution is -0.384. The molecule has 0 aliphatic heterocycles. The average molecular weight is 138 g/mol. The molecule has 0 fully saturated rings. The highest BCUT2D eigenvalue weighted by molar-refractivity contribution is 5.31. The number of benzene rings is 1. The number of nitro benzene ring substituents is 1. The van der Waals surface area contributed by atoms with Gasteiger partial charge in [-0.25, -0.2) is 0 Å². The van der Waals surface area contributed by atoms with Crippen molar-refractivity contribution in [2.24, 2.45) is 0 Å². The molecule has 3 nitrogen and oxygen atoms in total. The molecule has 0 amide bonds. The van der Waals surface area contributed by atoms with Crippen LogP contribution in [0.1, 0.15) is 6.93 Å². The Labute approximate surface area is 59.9 Å². The smallest absolute Gasteiger partial charge is 0.258 e. The standard InChI is InChI=1S/C7H7NO2/c1-6-2-4-7(5-3-6)8(9)10/h2-5H,1H3/i4D. The van der Waals surface area contributed by atoms with Crippen LogP contribution in [0.2, 0.25) is 0 Å². The molecule has 0 spiro atoms. The van der Waals surface area contributed by atoms with Gasteiger partial charge in [0.05, 0.1) is 6.29 Å². The van der Waals surface area contributed by atoms with Gasteiger partial charge >= 0.3 is 0 Å². The first kappa shape index (κ1) is 5.41. The summed E-state index contributed by atoms with van der Waals surface area (Å²) in [5.41, 5.74) is 0.719. The van der Waals surface area contributed by atoms with Gasteiger partial charge in [-0.3, -0.25) is 10.1 Å². The highest BCUT2D eigenvalue weighted by Gasteiger charge is 2.00. The second kappa shape index (κ2) is 2.47. The molecule has 52 valence electrons. The Balaban J connectivity index is 3.20. The Bertz CT molecular complexity index is 298. The molecular weight excluding hydrogens is 130 g/mol. The molecule has 1 aromatic rings. The number of hydrogen-bond donors (Lipinski definition) is 0. The zero-order valence-corrected chi connectivity index (χ0v) is 5.50. The summed E-state index contributed by atoms with van der Waals surface area (Å²) in [7, 11) is 0. The van der Waals surface area contributed by atoms with Gasteiger partial charge in [-0.15, -0.1) is 0 Å². The summed E-state index contributed by atoms with van der Waals surface area (Å²) < 4.78 is 7.20. The van der Waals surface area contributed by atoms with Crippen molar-refractivity contribution in [1.29, 1.82) is 0 Å². The molecule has 0 aliphatic rings. The highest BCUT2D eigenvalue weighted by atomic mass is 16.6. The van der Waals surface area contributed by atoms with Crippen molar-refractivity contribution in [2.75, 3.05) is 0 Å². The predicted molar refractivity (Wildman–Crippen MR) is 37.8 cm³/mol. The second-order valence-corrected chi connectivity index (χ2v) is 2.01. The number of aryl methyl sites for hydroxylation is 1. The van der Waals surface area contributed by atoms with Gasteiger partial charge in [0.15, 0.2) is 0 Å². The fourth-order valence-corrected chi connectivity index (χ4v) is 0.608.